The van der Waals surface area contributed by atoms with Gasteiger partial charge in [0.1, 0.15) is 0 Å². The molecule has 0 saturated carbocycles. The summed E-state index contributed by atoms with van der Waals surface area (Å²) in [7, 11) is 2.16. The van der Waals surface area contributed by atoms with Crippen LogP contribution >= 0.6 is 15.9 Å². The topological polar surface area (TPSA) is 15.3 Å². The molecule has 0 atom stereocenters. The Balaban J connectivity index is 1.78. The summed E-state index contributed by atoms with van der Waals surface area (Å²) in [6.45, 7) is 5.12. The lowest BCUT2D eigenvalue weighted by atomic mass is 10.1. The first-order valence-corrected chi connectivity index (χ1v) is 7.67. The number of hydrogen-bond donors (Lipinski definition) is 1. The molecule has 0 spiro atoms. The highest BCUT2D eigenvalue weighted by Crippen LogP contribution is 2.15. The molecule has 0 unspecified atom stereocenters. The highest BCUT2D eigenvalue weighted by atomic mass is 79.9. The number of rotatable bonds is 6. The monoisotopic (exact) mass is 332 g/mol. The number of hydrogen-bond acceptors (Lipinski definition) is 2. The normalized spacial score (nSPS) is 10.8. The van der Waals surface area contributed by atoms with E-state index >= 15 is 0 Å². The second-order valence-corrected chi connectivity index (χ2v) is 6.02. The van der Waals surface area contributed by atoms with E-state index in [0.29, 0.717) is 0 Å². The van der Waals surface area contributed by atoms with Crippen molar-refractivity contribution in [3.05, 3.63) is 64.1 Å². The first kappa shape index (κ1) is 15.1. The SMILES string of the molecule is Cc1ccccc1CN(C)CCNc1cccc(Br)c1. The zero-order valence-corrected chi connectivity index (χ0v) is 13.7. The van der Waals surface area contributed by atoms with Gasteiger partial charge in [-0.25, -0.2) is 0 Å². The summed E-state index contributed by atoms with van der Waals surface area (Å²) in [6, 6.07) is 16.8. The van der Waals surface area contributed by atoms with E-state index in [9.17, 15) is 0 Å². The van der Waals surface area contributed by atoms with Crippen LogP contribution < -0.4 is 5.32 Å². The Hall–Kier alpha value is -1.32. The van der Waals surface area contributed by atoms with Crippen molar-refractivity contribution in [1.29, 1.82) is 0 Å². The van der Waals surface area contributed by atoms with Crippen LogP contribution in [0.1, 0.15) is 11.1 Å². The van der Waals surface area contributed by atoms with Crippen LogP contribution in [-0.4, -0.2) is 25.0 Å². The Morgan fingerprint density at radius 1 is 1.10 bits per heavy atom. The van der Waals surface area contributed by atoms with Gasteiger partial charge in [-0.05, 0) is 43.3 Å². The van der Waals surface area contributed by atoms with Gasteiger partial charge in [-0.3, -0.25) is 0 Å². The maximum atomic E-state index is 3.48. The maximum Gasteiger partial charge on any atom is 0.0351 e. The predicted molar refractivity (Wildman–Crippen MR) is 90.1 cm³/mol. The molecular weight excluding hydrogens is 312 g/mol. The molecule has 20 heavy (non-hydrogen) atoms. The molecule has 1 N–H and O–H groups in total. The molecule has 0 aliphatic carbocycles. The largest absolute Gasteiger partial charge is 0.384 e. The molecule has 106 valence electrons. The van der Waals surface area contributed by atoms with Crippen molar-refractivity contribution in [2.24, 2.45) is 0 Å². The summed E-state index contributed by atoms with van der Waals surface area (Å²) in [6.07, 6.45) is 0. The van der Waals surface area contributed by atoms with Gasteiger partial charge in [0.05, 0.1) is 0 Å². The standard InChI is InChI=1S/C17H21BrN2/c1-14-6-3-4-7-15(14)13-20(2)11-10-19-17-9-5-8-16(18)12-17/h3-9,12,19H,10-11,13H2,1-2H3. The number of likely N-dealkylation sites (N-methyl/N-ethyl adjacent to an activating group) is 1. The smallest absolute Gasteiger partial charge is 0.0351 e. The number of benzene rings is 2. The van der Waals surface area contributed by atoms with Crippen LogP contribution in [0.4, 0.5) is 5.69 Å². The number of nitrogens with zero attached hydrogens (tertiary/aromatic N) is 1. The van der Waals surface area contributed by atoms with Gasteiger partial charge in [-0.1, -0.05) is 46.3 Å². The van der Waals surface area contributed by atoms with Gasteiger partial charge >= 0.3 is 0 Å². The van der Waals surface area contributed by atoms with Crippen LogP contribution in [0, 0.1) is 6.92 Å². The number of aryl methyl sites for hydroxylation is 1. The summed E-state index contributed by atoms with van der Waals surface area (Å²) < 4.78 is 1.11. The average molecular weight is 333 g/mol. The van der Waals surface area contributed by atoms with Crippen LogP contribution in [-0.2, 0) is 6.54 Å². The molecule has 2 nitrogen and oxygen atoms in total. The summed E-state index contributed by atoms with van der Waals surface area (Å²) >= 11 is 3.48. The lowest BCUT2D eigenvalue weighted by Crippen LogP contribution is -2.25. The zero-order chi connectivity index (χ0) is 14.4. The highest BCUT2D eigenvalue weighted by Gasteiger charge is 2.02. The fraction of sp³-hybridized carbons (Fsp3) is 0.294. The molecule has 2 rings (SSSR count). The molecule has 0 fully saturated rings. The van der Waals surface area contributed by atoms with Crippen LogP contribution in [0.15, 0.2) is 53.0 Å². The Bertz CT molecular complexity index is 554. The molecule has 2 aromatic carbocycles. The molecule has 0 amide bonds. The number of anilines is 1. The van der Waals surface area contributed by atoms with E-state index in [4.69, 9.17) is 0 Å². The van der Waals surface area contributed by atoms with Gasteiger partial charge in [0.15, 0.2) is 0 Å². The summed E-state index contributed by atoms with van der Waals surface area (Å²) in [4.78, 5) is 2.34. The van der Waals surface area contributed by atoms with Gasteiger partial charge in [0, 0.05) is 29.8 Å². The van der Waals surface area contributed by atoms with Gasteiger partial charge in [-0.15, -0.1) is 0 Å². The van der Waals surface area contributed by atoms with E-state index in [0.717, 1.165) is 29.8 Å². The Kier molecular flexibility index (Phi) is 5.62. The highest BCUT2D eigenvalue weighted by molar-refractivity contribution is 9.10. The Morgan fingerprint density at radius 2 is 1.90 bits per heavy atom. The van der Waals surface area contributed by atoms with Gasteiger partial charge in [-0.2, -0.15) is 0 Å². The molecule has 0 aliphatic heterocycles. The first-order chi connectivity index (χ1) is 9.65. The minimum atomic E-state index is 0.943. The molecule has 0 aliphatic rings. The second kappa shape index (κ2) is 7.46. The molecule has 3 heteroatoms. The predicted octanol–water partition coefficient (Wildman–Crippen LogP) is 4.30. The van der Waals surface area contributed by atoms with Gasteiger partial charge < -0.3 is 10.2 Å². The molecule has 0 saturated heterocycles. The van der Waals surface area contributed by atoms with Crippen molar-refractivity contribution in [2.45, 2.75) is 13.5 Å². The van der Waals surface area contributed by atoms with Crippen molar-refractivity contribution < 1.29 is 0 Å². The van der Waals surface area contributed by atoms with Crippen molar-refractivity contribution in [1.82, 2.24) is 4.90 Å². The second-order valence-electron chi connectivity index (χ2n) is 5.10. The van der Waals surface area contributed by atoms with Crippen LogP contribution in [0.5, 0.6) is 0 Å². The summed E-state index contributed by atoms with van der Waals surface area (Å²) in [5.41, 5.74) is 3.92. The summed E-state index contributed by atoms with van der Waals surface area (Å²) in [5.74, 6) is 0. The van der Waals surface area contributed by atoms with Gasteiger partial charge in [0.2, 0.25) is 0 Å². The summed E-state index contributed by atoms with van der Waals surface area (Å²) in [5, 5.41) is 3.45. The van der Waals surface area contributed by atoms with Crippen molar-refractivity contribution in [3.8, 4) is 0 Å². The van der Waals surface area contributed by atoms with E-state index in [-0.39, 0.29) is 0 Å². The number of halogens is 1. The van der Waals surface area contributed by atoms with Crippen LogP contribution in [0.2, 0.25) is 0 Å². The lowest BCUT2D eigenvalue weighted by molar-refractivity contribution is 0.339. The third kappa shape index (κ3) is 4.66. The maximum absolute atomic E-state index is 3.48. The fourth-order valence-corrected chi connectivity index (χ4v) is 2.55. The van der Waals surface area contributed by atoms with Crippen molar-refractivity contribution in [3.63, 3.8) is 0 Å². The van der Waals surface area contributed by atoms with E-state index in [1.807, 2.05) is 12.1 Å². The van der Waals surface area contributed by atoms with E-state index in [1.54, 1.807) is 0 Å². The fourth-order valence-electron chi connectivity index (χ4n) is 2.15. The third-order valence-electron chi connectivity index (χ3n) is 3.35. The number of nitrogens with one attached hydrogen (secondary N) is 1. The van der Waals surface area contributed by atoms with E-state index in [1.165, 1.54) is 11.1 Å². The zero-order valence-electron chi connectivity index (χ0n) is 12.1. The molecule has 0 bridgehead atoms. The molecule has 0 radical (unpaired) electrons. The first-order valence-electron chi connectivity index (χ1n) is 6.87. The molecule has 0 aromatic heterocycles. The average Bonchev–Trinajstić information content (AvgIpc) is 2.41. The van der Waals surface area contributed by atoms with E-state index < -0.39 is 0 Å². The minimum Gasteiger partial charge on any atom is -0.384 e. The van der Waals surface area contributed by atoms with Gasteiger partial charge in [0.25, 0.3) is 0 Å². The molecule has 2 aromatic rings. The molecular formula is C17H21BrN2. The lowest BCUT2D eigenvalue weighted by Gasteiger charge is -2.18. The third-order valence-corrected chi connectivity index (χ3v) is 3.84. The van der Waals surface area contributed by atoms with Crippen LogP contribution in [0.3, 0.4) is 0 Å². The minimum absolute atomic E-state index is 0.943. The quantitative estimate of drug-likeness (QED) is 0.848. The Labute approximate surface area is 129 Å². The van der Waals surface area contributed by atoms with Crippen LogP contribution in [0.25, 0.3) is 0 Å². The van der Waals surface area contributed by atoms with Crippen molar-refractivity contribution >= 4 is 21.6 Å². The molecule has 0 heterocycles. The Morgan fingerprint density at radius 3 is 2.65 bits per heavy atom. The van der Waals surface area contributed by atoms with Crippen molar-refractivity contribution in [2.75, 3.05) is 25.5 Å². The van der Waals surface area contributed by atoms with E-state index in [2.05, 4.69) is 76.5 Å².